The van der Waals surface area contributed by atoms with Crippen LogP contribution >= 0.6 is 0 Å². The second-order valence-corrected chi connectivity index (χ2v) is 19.6. The van der Waals surface area contributed by atoms with Gasteiger partial charge in [0, 0.05) is 62.0 Å². The van der Waals surface area contributed by atoms with E-state index in [1.54, 1.807) is 0 Å². The Bertz CT molecular complexity index is 3870. The summed E-state index contributed by atoms with van der Waals surface area (Å²) in [7, 11) is 0. The highest BCUT2D eigenvalue weighted by molar-refractivity contribution is 6.11. The first-order chi connectivity index (χ1) is 37.7. The summed E-state index contributed by atoms with van der Waals surface area (Å²) in [6.45, 7) is 0. The van der Waals surface area contributed by atoms with Crippen LogP contribution in [0.2, 0.25) is 0 Å². The van der Waals surface area contributed by atoms with Crippen molar-refractivity contribution in [1.29, 1.82) is 0 Å². The quantitative estimate of drug-likeness (QED) is 0.114. The fraction of sp³-hybridized carbons (Fsp3) is 0.0556. The number of hydrogen-bond donors (Lipinski definition) is 0. The maximum absolute atomic E-state index is 2.46. The zero-order chi connectivity index (χ0) is 50.6. The van der Waals surface area contributed by atoms with Crippen LogP contribution in [0, 0.1) is 0 Å². The van der Waals surface area contributed by atoms with Crippen molar-refractivity contribution in [3.8, 4) is 33.4 Å². The Morgan fingerprint density at radius 1 is 0.329 bits per heavy atom. The zero-order valence-electron chi connectivity index (χ0n) is 42.3. The number of para-hydroxylation sites is 4. The maximum Gasteiger partial charge on any atom is 0.0559 e. The van der Waals surface area contributed by atoms with Gasteiger partial charge in [-0.05, 0) is 174 Å². The van der Waals surface area contributed by atoms with Gasteiger partial charge in [-0.3, -0.25) is 0 Å². The van der Waals surface area contributed by atoms with Crippen molar-refractivity contribution in [2.24, 2.45) is 0 Å². The molecule has 0 spiro atoms. The molecule has 76 heavy (non-hydrogen) atoms. The molecule has 1 heterocycles. The van der Waals surface area contributed by atoms with Gasteiger partial charge in [0.2, 0.25) is 0 Å². The molecule has 0 amide bonds. The Labute approximate surface area is 446 Å². The van der Waals surface area contributed by atoms with Crippen LogP contribution in [0.25, 0.3) is 60.9 Å². The molecule has 2 aliphatic carbocycles. The molecule has 11 aromatic rings. The molecule has 0 fully saturated rings. The molecule has 4 heteroatoms. The predicted octanol–water partition coefficient (Wildman–Crippen LogP) is 19.9. The molecular weight excluding hydrogens is 921 g/mol. The van der Waals surface area contributed by atoms with E-state index in [9.17, 15) is 0 Å². The van der Waals surface area contributed by atoms with Gasteiger partial charge in [0.25, 0.3) is 0 Å². The summed E-state index contributed by atoms with van der Waals surface area (Å²) < 4.78 is 2.45. The Balaban J connectivity index is 0.748. The van der Waals surface area contributed by atoms with Crippen LogP contribution < -0.4 is 14.7 Å². The highest BCUT2D eigenvalue weighted by atomic mass is 15.2. The molecule has 0 aliphatic heterocycles. The number of anilines is 8. The first-order valence-corrected chi connectivity index (χ1v) is 26.5. The molecule has 4 nitrogen and oxygen atoms in total. The minimum Gasteiger partial charge on any atom is -0.334 e. The predicted molar refractivity (Wildman–Crippen MR) is 323 cm³/mol. The third-order valence-electron chi connectivity index (χ3n) is 15.0. The fourth-order valence-corrected chi connectivity index (χ4v) is 11.2. The summed E-state index contributed by atoms with van der Waals surface area (Å²) in [5.74, 6) is 0. The van der Waals surface area contributed by atoms with E-state index in [0.29, 0.717) is 0 Å². The lowest BCUT2D eigenvalue weighted by Crippen LogP contribution is -2.29. The van der Waals surface area contributed by atoms with Gasteiger partial charge in [0.15, 0.2) is 0 Å². The summed E-state index contributed by atoms with van der Waals surface area (Å²) in [5, 5.41) is 2.57. The van der Waals surface area contributed by atoms with Crippen molar-refractivity contribution in [1.82, 2.24) is 4.57 Å². The van der Waals surface area contributed by atoms with E-state index in [1.807, 2.05) is 0 Å². The standard InChI is InChI=1S/C72H56N4/c1-6-18-59(19-7-1)73(60-20-8-2-9-21-60)64-41-30-53(31-42-64)54-32-43-65(44-33-54)74(61-22-10-3-11-23-61)66-45-34-55(35-46-66)56-36-47-67(48-37-56)75(62-24-12-4-13-25-62)68-49-38-57(39-50-68)58-40-51-72-70(52-58)69-28-16-17-29-71(69)76(72)63-26-14-5-15-27-63/h1-14,16-22,24-26,28-52,61H,15,23,27H2. The first kappa shape index (κ1) is 46.2. The van der Waals surface area contributed by atoms with Crippen LogP contribution in [0.4, 0.5) is 45.5 Å². The molecule has 13 rings (SSSR count). The topological polar surface area (TPSA) is 14.7 Å². The van der Waals surface area contributed by atoms with E-state index in [-0.39, 0.29) is 6.04 Å². The minimum atomic E-state index is 0.194. The lowest BCUT2D eigenvalue weighted by Gasteiger charge is -2.33. The number of fused-ring (bicyclic) bond motifs is 3. The van der Waals surface area contributed by atoms with Crippen LogP contribution in [0.3, 0.4) is 0 Å². The molecule has 0 N–H and O–H groups in total. The third kappa shape index (κ3) is 9.12. The molecule has 1 atom stereocenters. The fourth-order valence-electron chi connectivity index (χ4n) is 11.2. The summed E-state index contributed by atoms with van der Waals surface area (Å²) in [4.78, 5) is 7.11. The van der Waals surface area contributed by atoms with Crippen LogP contribution in [0.5, 0.6) is 0 Å². The number of hydrogen-bond acceptors (Lipinski definition) is 3. The monoisotopic (exact) mass is 976 g/mol. The highest BCUT2D eigenvalue weighted by Gasteiger charge is 2.21. The Morgan fingerprint density at radius 2 is 0.737 bits per heavy atom. The number of aromatic nitrogens is 1. The second-order valence-electron chi connectivity index (χ2n) is 19.6. The lowest BCUT2D eigenvalue weighted by molar-refractivity contribution is 0.785. The van der Waals surface area contributed by atoms with Gasteiger partial charge in [-0.15, -0.1) is 0 Å². The molecular formula is C72H56N4. The Hall–Kier alpha value is -9.64. The van der Waals surface area contributed by atoms with Gasteiger partial charge in [0.05, 0.1) is 17.1 Å². The van der Waals surface area contributed by atoms with Gasteiger partial charge < -0.3 is 19.3 Å². The van der Waals surface area contributed by atoms with Crippen molar-refractivity contribution in [2.45, 2.75) is 25.3 Å². The Kier molecular flexibility index (Phi) is 12.6. The average molecular weight is 977 g/mol. The van der Waals surface area contributed by atoms with E-state index in [0.717, 1.165) is 64.8 Å². The molecule has 0 bridgehead atoms. The molecule has 1 aromatic heterocycles. The van der Waals surface area contributed by atoms with Crippen LogP contribution in [-0.4, -0.2) is 10.6 Å². The summed E-state index contributed by atoms with van der Waals surface area (Å²) >= 11 is 0. The van der Waals surface area contributed by atoms with Crippen molar-refractivity contribution in [2.75, 3.05) is 14.7 Å². The SMILES string of the molecule is C1=CCCC(n2c3ccccc3c3cc(-c4ccc(N(c5ccccc5)c5ccc(-c6ccc(N(c7ccc(-c8ccc(N(c9ccccc9)c9ccccc9)cc8)cc7)C7C=CC=CC7)cc6)cc5)cc4)ccc32)=C1. The van der Waals surface area contributed by atoms with Gasteiger partial charge in [-0.1, -0.05) is 176 Å². The lowest BCUT2D eigenvalue weighted by atomic mass is 10.0. The number of rotatable bonds is 13. The first-order valence-electron chi connectivity index (χ1n) is 26.5. The van der Waals surface area contributed by atoms with Crippen molar-refractivity contribution < 1.29 is 0 Å². The summed E-state index contributed by atoms with van der Waals surface area (Å²) in [5.41, 5.74) is 20.0. The second kappa shape index (κ2) is 20.7. The normalized spacial score (nSPS) is 13.9. The van der Waals surface area contributed by atoms with E-state index in [4.69, 9.17) is 0 Å². The van der Waals surface area contributed by atoms with Gasteiger partial charge >= 0.3 is 0 Å². The molecule has 0 radical (unpaired) electrons. The zero-order valence-corrected chi connectivity index (χ0v) is 42.3. The van der Waals surface area contributed by atoms with E-state index in [2.05, 4.69) is 317 Å². The van der Waals surface area contributed by atoms with Gasteiger partial charge in [0.1, 0.15) is 0 Å². The maximum atomic E-state index is 2.46. The van der Waals surface area contributed by atoms with Crippen molar-refractivity contribution in [3.05, 3.63) is 297 Å². The van der Waals surface area contributed by atoms with Crippen molar-refractivity contribution >= 4 is 73.0 Å². The smallest absolute Gasteiger partial charge is 0.0559 e. The van der Waals surface area contributed by atoms with Gasteiger partial charge in [-0.25, -0.2) is 0 Å². The highest BCUT2D eigenvalue weighted by Crippen LogP contribution is 2.41. The van der Waals surface area contributed by atoms with E-state index >= 15 is 0 Å². The Morgan fingerprint density at radius 3 is 1.18 bits per heavy atom. The molecule has 10 aromatic carbocycles. The molecule has 1 unspecified atom stereocenters. The summed E-state index contributed by atoms with van der Waals surface area (Å²) in [6, 6.07) is 92.8. The van der Waals surface area contributed by atoms with Crippen LogP contribution in [-0.2, 0) is 0 Å². The average Bonchev–Trinajstić information content (AvgIpc) is 3.84. The van der Waals surface area contributed by atoms with Crippen LogP contribution in [0.15, 0.2) is 297 Å². The molecule has 0 saturated carbocycles. The minimum absolute atomic E-state index is 0.194. The largest absolute Gasteiger partial charge is 0.334 e. The van der Waals surface area contributed by atoms with Crippen LogP contribution in [0.1, 0.15) is 19.3 Å². The van der Waals surface area contributed by atoms with E-state index < -0.39 is 0 Å². The third-order valence-corrected chi connectivity index (χ3v) is 15.0. The van der Waals surface area contributed by atoms with E-state index in [1.165, 1.54) is 60.9 Å². The number of allylic oxidation sites excluding steroid dienone is 6. The molecule has 0 saturated heterocycles. The molecule has 2 aliphatic rings. The molecule has 364 valence electrons. The van der Waals surface area contributed by atoms with Crippen molar-refractivity contribution in [3.63, 3.8) is 0 Å². The number of nitrogens with zero attached hydrogens (tertiary/aromatic N) is 4. The number of benzene rings is 10. The van der Waals surface area contributed by atoms with Gasteiger partial charge in [-0.2, -0.15) is 0 Å². The summed E-state index contributed by atoms with van der Waals surface area (Å²) in [6.07, 6.45) is 18.6.